The molecule has 8 nitrogen and oxygen atoms in total. The lowest BCUT2D eigenvalue weighted by Crippen LogP contribution is -2.09. The first-order valence-electron chi connectivity index (χ1n) is 14.8. The number of ether oxygens (including phenoxy) is 2. The van der Waals surface area contributed by atoms with Gasteiger partial charge in [-0.1, -0.05) is 36.4 Å². The van der Waals surface area contributed by atoms with Gasteiger partial charge in [-0.3, -0.25) is 9.36 Å². The predicted octanol–water partition coefficient (Wildman–Crippen LogP) is 9.24. The van der Waals surface area contributed by atoms with Crippen LogP contribution in [0.25, 0.3) is 44.3 Å². The van der Waals surface area contributed by atoms with Gasteiger partial charge in [0, 0.05) is 34.0 Å². The summed E-state index contributed by atoms with van der Waals surface area (Å²) in [6, 6.07) is 16.8. The van der Waals surface area contributed by atoms with Crippen LogP contribution in [0.15, 0.2) is 98.1 Å². The van der Waals surface area contributed by atoms with Crippen LogP contribution in [-0.2, 0) is 25.4 Å². The number of alkyl halides is 6. The molecule has 0 aliphatic heterocycles. The number of phenols is 2. The second-order valence-corrected chi connectivity index (χ2v) is 10.8. The molecule has 0 saturated carbocycles. The molecule has 4 aromatic carbocycles. The molecule has 0 atom stereocenters. The fraction of sp³-hybridized carbons (Fsp3) is 0.167. The number of hydrogen-bond acceptors (Lipinski definition) is 6. The average Bonchev–Trinajstić information content (AvgIpc) is 3.62. The quantitative estimate of drug-likeness (QED) is 0.122. The molecule has 0 amide bonds. The molecule has 6 rings (SSSR count). The number of nitrogens with zero attached hydrogens (tertiary/aromatic N) is 4. The zero-order valence-electron chi connectivity index (χ0n) is 26.7. The number of hydrogen-bond donors (Lipinski definition) is 2. The van der Waals surface area contributed by atoms with Crippen molar-refractivity contribution in [2.75, 3.05) is 14.2 Å². The van der Waals surface area contributed by atoms with Gasteiger partial charge in [-0.25, -0.2) is 0 Å². The van der Waals surface area contributed by atoms with E-state index in [4.69, 9.17) is 9.47 Å². The molecule has 0 radical (unpaired) electrons. The largest absolute Gasteiger partial charge is 0.508 e. The van der Waals surface area contributed by atoms with Crippen LogP contribution in [0.3, 0.4) is 0 Å². The van der Waals surface area contributed by atoms with Crippen LogP contribution in [0.2, 0.25) is 0 Å². The molecule has 14 heteroatoms. The van der Waals surface area contributed by atoms with Gasteiger partial charge in [-0.05, 0) is 36.4 Å². The molecule has 6 aromatic rings. The van der Waals surface area contributed by atoms with Gasteiger partial charge in [0.25, 0.3) is 0 Å². The second kappa shape index (κ2) is 13.9. The van der Waals surface area contributed by atoms with E-state index in [-0.39, 0.29) is 52.3 Å². The summed E-state index contributed by atoms with van der Waals surface area (Å²) in [5.74, 6) is 0.628. The van der Waals surface area contributed by atoms with E-state index >= 15 is 0 Å². The minimum Gasteiger partial charge on any atom is -0.508 e. The van der Waals surface area contributed by atoms with Crippen LogP contribution in [-0.4, -0.2) is 44.0 Å². The molecule has 0 bridgehead atoms. The molecule has 260 valence electrons. The Morgan fingerprint density at radius 3 is 1.62 bits per heavy atom. The van der Waals surface area contributed by atoms with E-state index in [9.17, 15) is 36.6 Å². The zero-order chi connectivity index (χ0) is 36.4. The van der Waals surface area contributed by atoms with E-state index in [0.717, 1.165) is 18.2 Å². The lowest BCUT2D eigenvalue weighted by molar-refractivity contribution is -0.137. The van der Waals surface area contributed by atoms with Crippen molar-refractivity contribution in [3.05, 3.63) is 109 Å². The van der Waals surface area contributed by atoms with Crippen LogP contribution >= 0.6 is 0 Å². The summed E-state index contributed by atoms with van der Waals surface area (Å²) in [7, 11) is 3.01. The molecule has 0 fully saturated rings. The maximum absolute atomic E-state index is 13.5. The summed E-state index contributed by atoms with van der Waals surface area (Å²) in [5.41, 5.74) is -0.162. The van der Waals surface area contributed by atoms with Crippen molar-refractivity contribution in [2.24, 2.45) is 0 Å². The molecule has 0 aliphatic rings. The summed E-state index contributed by atoms with van der Waals surface area (Å²) in [6.07, 6.45) is -6.07. The van der Waals surface area contributed by atoms with Crippen LogP contribution in [0.5, 0.6) is 23.0 Å². The standard InChI is InChI=1S/C19H17F3N2O2.C17H13F3N2O2/c1-4-10-24-18-14(6-5-7-15(18)19(20,21)22)17(23-24)13-9-8-12(25-2)11-16(13)26-3;1-2-8-22-16-12(4-3-5-13(16)17(18,19)20)15(21-22)11-7-6-10(23)9-14(11)24/h4-9,11H,1,10H2,2-3H3;2-7,9,23-24H,1,8H2. The van der Waals surface area contributed by atoms with Gasteiger partial charge in [-0.15, -0.1) is 13.2 Å². The Balaban J connectivity index is 0.000000195. The predicted molar refractivity (Wildman–Crippen MR) is 177 cm³/mol. The first kappa shape index (κ1) is 35.4. The van der Waals surface area contributed by atoms with Crippen molar-refractivity contribution in [1.82, 2.24) is 19.6 Å². The van der Waals surface area contributed by atoms with Gasteiger partial charge in [0.2, 0.25) is 0 Å². The third-order valence-corrected chi connectivity index (χ3v) is 7.66. The highest BCUT2D eigenvalue weighted by molar-refractivity contribution is 5.98. The van der Waals surface area contributed by atoms with Crippen molar-refractivity contribution in [1.29, 1.82) is 0 Å². The SMILES string of the molecule is C=CCn1nc(-c2ccc(O)cc2O)c2cccc(C(F)(F)F)c21.C=CCn1nc(-c2ccc(OC)cc2OC)c2cccc(C(F)(F)F)c21. The Labute approximate surface area is 281 Å². The van der Waals surface area contributed by atoms with Gasteiger partial charge in [-0.2, -0.15) is 36.5 Å². The van der Waals surface area contributed by atoms with E-state index in [1.165, 1.54) is 66.1 Å². The van der Waals surface area contributed by atoms with E-state index in [1.54, 1.807) is 24.3 Å². The molecule has 50 heavy (non-hydrogen) atoms. The number of methoxy groups -OCH3 is 2. The lowest BCUT2D eigenvalue weighted by atomic mass is 10.0. The molecule has 2 N–H and O–H groups in total. The summed E-state index contributed by atoms with van der Waals surface area (Å²) < 4.78 is 93.5. The van der Waals surface area contributed by atoms with Crippen LogP contribution < -0.4 is 9.47 Å². The van der Waals surface area contributed by atoms with E-state index in [1.807, 2.05) is 0 Å². The first-order valence-corrected chi connectivity index (χ1v) is 14.8. The third-order valence-electron chi connectivity index (χ3n) is 7.66. The van der Waals surface area contributed by atoms with E-state index in [0.29, 0.717) is 28.1 Å². The highest BCUT2D eigenvalue weighted by Crippen LogP contribution is 2.42. The number of para-hydroxylation sites is 2. The third kappa shape index (κ3) is 6.81. The Morgan fingerprint density at radius 1 is 0.680 bits per heavy atom. The summed E-state index contributed by atoms with van der Waals surface area (Å²) >= 11 is 0. The number of halogens is 6. The number of benzene rings is 4. The number of allylic oxidation sites excluding steroid dienone is 2. The maximum atomic E-state index is 13.5. The van der Waals surface area contributed by atoms with Crippen molar-refractivity contribution in [3.63, 3.8) is 0 Å². The minimum atomic E-state index is -4.53. The molecule has 0 saturated heterocycles. The maximum Gasteiger partial charge on any atom is 0.418 e. The number of aromatic hydroxyl groups is 2. The summed E-state index contributed by atoms with van der Waals surface area (Å²) in [4.78, 5) is 0. The van der Waals surface area contributed by atoms with Gasteiger partial charge < -0.3 is 19.7 Å². The molecular formula is C36H30F6N4O4. The highest BCUT2D eigenvalue weighted by Gasteiger charge is 2.36. The Hall–Kier alpha value is -5.92. The van der Waals surface area contributed by atoms with E-state index in [2.05, 4.69) is 23.4 Å². The monoisotopic (exact) mass is 696 g/mol. The molecule has 2 heterocycles. The molecule has 0 spiro atoms. The van der Waals surface area contributed by atoms with Gasteiger partial charge in [0.15, 0.2) is 0 Å². The Morgan fingerprint density at radius 2 is 1.18 bits per heavy atom. The lowest BCUT2D eigenvalue weighted by Gasteiger charge is -2.10. The zero-order valence-corrected chi connectivity index (χ0v) is 26.7. The molecular weight excluding hydrogens is 666 g/mol. The van der Waals surface area contributed by atoms with Crippen LogP contribution in [0.1, 0.15) is 11.1 Å². The van der Waals surface area contributed by atoms with Crippen molar-refractivity contribution in [2.45, 2.75) is 25.4 Å². The van der Waals surface area contributed by atoms with Crippen molar-refractivity contribution < 1.29 is 46.0 Å². The summed E-state index contributed by atoms with van der Waals surface area (Å²) in [5, 5.41) is 28.7. The number of rotatable bonds is 8. The normalized spacial score (nSPS) is 11.7. The molecule has 0 unspecified atom stereocenters. The van der Waals surface area contributed by atoms with Gasteiger partial charge in [0.1, 0.15) is 34.4 Å². The van der Waals surface area contributed by atoms with Crippen LogP contribution in [0.4, 0.5) is 26.3 Å². The topological polar surface area (TPSA) is 94.6 Å². The van der Waals surface area contributed by atoms with Gasteiger partial charge in [0.05, 0.1) is 49.5 Å². The fourth-order valence-electron chi connectivity index (χ4n) is 5.55. The number of phenolic OH excluding ortho intramolecular Hbond substituents is 2. The first-order chi connectivity index (χ1) is 23.7. The number of fused-ring (bicyclic) bond motifs is 2. The second-order valence-electron chi connectivity index (χ2n) is 10.8. The Kier molecular flexibility index (Phi) is 9.84. The van der Waals surface area contributed by atoms with E-state index < -0.39 is 23.5 Å². The van der Waals surface area contributed by atoms with Crippen molar-refractivity contribution >= 4 is 21.8 Å². The molecule has 2 aromatic heterocycles. The highest BCUT2D eigenvalue weighted by atomic mass is 19.4. The number of aromatic nitrogens is 4. The minimum absolute atomic E-state index is 0.0211. The van der Waals surface area contributed by atoms with Crippen molar-refractivity contribution in [3.8, 4) is 45.5 Å². The summed E-state index contributed by atoms with van der Waals surface area (Å²) in [6.45, 7) is 7.39. The smallest absolute Gasteiger partial charge is 0.418 e. The van der Waals surface area contributed by atoms with Crippen LogP contribution in [0, 0.1) is 0 Å². The van der Waals surface area contributed by atoms with Gasteiger partial charge >= 0.3 is 12.4 Å². The average molecular weight is 697 g/mol. The fourth-order valence-corrected chi connectivity index (χ4v) is 5.55. The molecule has 0 aliphatic carbocycles. The Bertz CT molecular complexity index is 2200.